The lowest BCUT2D eigenvalue weighted by Crippen LogP contribution is -2.33. The van der Waals surface area contributed by atoms with Gasteiger partial charge in [-0.3, -0.25) is 4.79 Å². The monoisotopic (exact) mass is 463 g/mol. The molecular weight excluding hydrogens is 444 g/mol. The Hall–Kier alpha value is -2.95. The molecule has 31 heavy (non-hydrogen) atoms. The maximum absolute atomic E-state index is 13.5. The zero-order chi connectivity index (χ0) is 22.6. The normalized spacial score (nSPS) is 11.9. The number of sulfonamides is 1. The van der Waals surface area contributed by atoms with Crippen molar-refractivity contribution in [2.24, 2.45) is 0 Å². The van der Waals surface area contributed by atoms with Crippen LogP contribution in [0, 0.1) is 18.6 Å². The number of thiazole rings is 1. The summed E-state index contributed by atoms with van der Waals surface area (Å²) in [6, 6.07) is 12.3. The van der Waals surface area contributed by atoms with Gasteiger partial charge in [0.15, 0.2) is 16.8 Å². The van der Waals surface area contributed by atoms with Crippen LogP contribution in [0.4, 0.5) is 13.9 Å². The fraction of sp³-hybridized carbons (Fsp3) is 0.143. The number of likely N-dealkylation sites (N-methyl/N-ethyl adjacent to an activating group) is 1. The van der Waals surface area contributed by atoms with E-state index in [4.69, 9.17) is 0 Å². The van der Waals surface area contributed by atoms with Crippen LogP contribution >= 0.6 is 11.3 Å². The molecule has 1 amide bonds. The highest BCUT2D eigenvalue weighted by Crippen LogP contribution is 2.31. The summed E-state index contributed by atoms with van der Waals surface area (Å²) in [7, 11) is -2.51. The molecule has 0 fully saturated rings. The highest BCUT2D eigenvalue weighted by molar-refractivity contribution is 7.92. The smallest absolute Gasteiger partial charge is 0.241 e. The van der Waals surface area contributed by atoms with Crippen LogP contribution < -0.4 is 5.32 Å². The zero-order valence-electron chi connectivity index (χ0n) is 16.7. The Kier molecular flexibility index (Phi) is 6.94. The Morgan fingerprint density at radius 2 is 1.87 bits per heavy atom. The number of carbonyl (C=O) groups is 1. The predicted octanol–water partition coefficient (Wildman–Crippen LogP) is 4.27. The minimum atomic E-state index is -3.80. The third kappa shape index (κ3) is 5.81. The molecule has 162 valence electrons. The molecule has 0 aliphatic heterocycles. The van der Waals surface area contributed by atoms with E-state index >= 15 is 0 Å². The second-order valence-electron chi connectivity index (χ2n) is 6.62. The Balaban J connectivity index is 1.66. The lowest BCUT2D eigenvalue weighted by Gasteiger charge is -2.13. The third-order valence-corrected chi connectivity index (χ3v) is 6.63. The molecule has 0 aliphatic carbocycles. The fourth-order valence-electron chi connectivity index (χ4n) is 2.64. The second-order valence-corrected chi connectivity index (χ2v) is 9.74. The van der Waals surface area contributed by atoms with E-state index in [1.165, 1.54) is 19.2 Å². The summed E-state index contributed by atoms with van der Waals surface area (Å²) < 4.78 is 52.3. The second kappa shape index (κ2) is 9.46. The molecule has 3 aromatic rings. The van der Waals surface area contributed by atoms with Gasteiger partial charge in [0, 0.05) is 22.9 Å². The van der Waals surface area contributed by atoms with Crippen LogP contribution in [0.15, 0.2) is 53.9 Å². The number of benzene rings is 2. The van der Waals surface area contributed by atoms with Gasteiger partial charge in [-0.25, -0.2) is 22.2 Å². The van der Waals surface area contributed by atoms with Crippen molar-refractivity contribution in [2.75, 3.05) is 18.9 Å². The molecule has 0 atom stereocenters. The van der Waals surface area contributed by atoms with Crippen LogP contribution in [0.3, 0.4) is 0 Å². The topological polar surface area (TPSA) is 79.4 Å². The molecule has 10 heteroatoms. The minimum Gasteiger partial charge on any atom is -0.301 e. The minimum absolute atomic E-state index is 0.229. The van der Waals surface area contributed by atoms with Gasteiger partial charge in [-0.2, -0.15) is 4.31 Å². The first-order chi connectivity index (χ1) is 14.7. The molecule has 2 aromatic carbocycles. The number of nitrogens with zero attached hydrogens (tertiary/aromatic N) is 2. The van der Waals surface area contributed by atoms with Crippen molar-refractivity contribution in [2.45, 2.75) is 6.92 Å². The maximum atomic E-state index is 13.5. The first-order valence-electron chi connectivity index (χ1n) is 9.08. The number of halogens is 2. The van der Waals surface area contributed by atoms with Crippen LogP contribution in [-0.2, 0) is 14.8 Å². The van der Waals surface area contributed by atoms with E-state index in [0.29, 0.717) is 21.7 Å². The average Bonchev–Trinajstić information content (AvgIpc) is 3.09. The average molecular weight is 464 g/mol. The maximum Gasteiger partial charge on any atom is 0.241 e. The van der Waals surface area contributed by atoms with E-state index < -0.39 is 34.1 Å². The predicted molar refractivity (Wildman–Crippen MR) is 118 cm³/mol. The number of anilines is 1. The van der Waals surface area contributed by atoms with Gasteiger partial charge in [0.1, 0.15) is 0 Å². The molecule has 3 rings (SSSR count). The van der Waals surface area contributed by atoms with E-state index in [-0.39, 0.29) is 5.13 Å². The van der Waals surface area contributed by atoms with E-state index in [1.807, 2.05) is 6.07 Å². The first kappa shape index (κ1) is 22.7. The Morgan fingerprint density at radius 3 is 2.55 bits per heavy atom. The van der Waals surface area contributed by atoms with E-state index in [2.05, 4.69) is 10.3 Å². The quantitative estimate of drug-likeness (QED) is 0.568. The summed E-state index contributed by atoms with van der Waals surface area (Å²) in [5, 5.41) is 3.81. The van der Waals surface area contributed by atoms with Crippen LogP contribution in [0.1, 0.15) is 10.4 Å². The van der Waals surface area contributed by atoms with Gasteiger partial charge >= 0.3 is 0 Å². The molecular formula is C21H19F2N3O3S2. The van der Waals surface area contributed by atoms with Crippen molar-refractivity contribution in [3.63, 3.8) is 0 Å². The van der Waals surface area contributed by atoms with Crippen molar-refractivity contribution in [1.82, 2.24) is 9.29 Å². The Morgan fingerprint density at radius 1 is 1.16 bits per heavy atom. The molecule has 1 heterocycles. The fourth-order valence-corrected chi connectivity index (χ4v) is 4.33. The van der Waals surface area contributed by atoms with Gasteiger partial charge in [-0.05, 0) is 36.8 Å². The van der Waals surface area contributed by atoms with Crippen molar-refractivity contribution >= 4 is 38.5 Å². The van der Waals surface area contributed by atoms with Gasteiger partial charge < -0.3 is 5.32 Å². The van der Waals surface area contributed by atoms with Crippen molar-refractivity contribution in [3.8, 4) is 11.3 Å². The number of hydrogen-bond acceptors (Lipinski definition) is 5. The number of carbonyl (C=O) groups excluding carboxylic acids is 1. The first-order valence-corrected chi connectivity index (χ1v) is 11.4. The number of hydrogen-bond donors (Lipinski definition) is 1. The van der Waals surface area contributed by atoms with Crippen LogP contribution in [-0.4, -0.2) is 37.2 Å². The Bertz CT molecular complexity index is 1230. The van der Waals surface area contributed by atoms with Crippen molar-refractivity contribution in [1.29, 1.82) is 0 Å². The molecule has 0 radical (unpaired) electrons. The van der Waals surface area contributed by atoms with Crippen LogP contribution in [0.5, 0.6) is 0 Å². The van der Waals surface area contributed by atoms with Gasteiger partial charge in [-0.15, -0.1) is 11.3 Å². The molecule has 1 aromatic heterocycles. The molecule has 0 saturated heterocycles. The number of rotatable bonds is 7. The van der Waals surface area contributed by atoms with Gasteiger partial charge in [-0.1, -0.05) is 30.3 Å². The molecule has 6 nitrogen and oxygen atoms in total. The molecule has 0 aliphatic rings. The number of nitrogens with one attached hydrogen (secondary N) is 1. The van der Waals surface area contributed by atoms with Crippen LogP contribution in [0.2, 0.25) is 0 Å². The summed E-state index contributed by atoms with van der Waals surface area (Å²) in [5.41, 5.74) is 1.50. The molecule has 0 spiro atoms. The standard InChI is InChI=1S/C21H19F2N3O3S2/c1-14-20(16-8-9-17(22)18(23)12-16)25-21(30-14)24-19(27)13-26(2)31(28,29)11-10-15-6-4-3-5-7-15/h3-12H,13H2,1-2H3,(H,24,25,27)/b11-10+. The highest BCUT2D eigenvalue weighted by atomic mass is 32.2. The zero-order valence-corrected chi connectivity index (χ0v) is 18.3. The molecule has 0 unspecified atom stereocenters. The number of amides is 1. The number of aryl methyl sites for hydroxylation is 1. The van der Waals surface area contributed by atoms with Crippen LogP contribution in [0.25, 0.3) is 17.3 Å². The molecule has 0 bridgehead atoms. The lowest BCUT2D eigenvalue weighted by atomic mass is 10.1. The van der Waals surface area contributed by atoms with Gasteiger partial charge in [0.05, 0.1) is 12.2 Å². The summed E-state index contributed by atoms with van der Waals surface area (Å²) in [5.74, 6) is -2.54. The summed E-state index contributed by atoms with van der Waals surface area (Å²) in [4.78, 5) is 17.3. The molecule has 1 N–H and O–H groups in total. The van der Waals surface area contributed by atoms with Gasteiger partial charge in [0.2, 0.25) is 15.9 Å². The summed E-state index contributed by atoms with van der Waals surface area (Å²) in [6.45, 7) is 1.31. The van der Waals surface area contributed by atoms with Crippen molar-refractivity contribution < 1.29 is 22.0 Å². The highest BCUT2D eigenvalue weighted by Gasteiger charge is 2.19. The summed E-state index contributed by atoms with van der Waals surface area (Å²) in [6.07, 6.45) is 1.45. The SMILES string of the molecule is Cc1sc(NC(=O)CN(C)S(=O)(=O)/C=C/c2ccccc2)nc1-c1ccc(F)c(F)c1. The number of aromatic nitrogens is 1. The largest absolute Gasteiger partial charge is 0.301 e. The lowest BCUT2D eigenvalue weighted by molar-refractivity contribution is -0.116. The van der Waals surface area contributed by atoms with E-state index in [1.54, 1.807) is 31.2 Å². The Labute approximate surface area is 182 Å². The summed E-state index contributed by atoms with van der Waals surface area (Å²) >= 11 is 1.15. The van der Waals surface area contributed by atoms with E-state index in [0.717, 1.165) is 33.2 Å². The van der Waals surface area contributed by atoms with E-state index in [9.17, 15) is 22.0 Å². The van der Waals surface area contributed by atoms with Gasteiger partial charge in [0.25, 0.3) is 0 Å². The molecule has 0 saturated carbocycles. The van der Waals surface area contributed by atoms with Crippen molar-refractivity contribution in [3.05, 3.63) is 76.0 Å². The third-order valence-electron chi connectivity index (χ3n) is 4.27.